The van der Waals surface area contributed by atoms with Gasteiger partial charge in [-0.2, -0.15) is 4.31 Å². The molecule has 0 aliphatic carbocycles. The summed E-state index contributed by atoms with van der Waals surface area (Å²) < 4.78 is 32.4. The number of rotatable bonds is 6. The predicted octanol–water partition coefficient (Wildman–Crippen LogP) is 1.18. The van der Waals surface area contributed by atoms with Crippen LogP contribution in [0.2, 0.25) is 0 Å². The number of sulfonamides is 1. The zero-order valence-electron chi connectivity index (χ0n) is 17.0. The molecule has 1 amide bonds. The quantitative estimate of drug-likeness (QED) is 0.707. The van der Waals surface area contributed by atoms with Crippen LogP contribution >= 0.6 is 0 Å². The molecule has 0 unspecified atom stereocenters. The summed E-state index contributed by atoms with van der Waals surface area (Å²) in [6.45, 7) is 3.72. The molecule has 0 atom stereocenters. The van der Waals surface area contributed by atoms with E-state index in [1.54, 1.807) is 30.3 Å². The van der Waals surface area contributed by atoms with Gasteiger partial charge in [0, 0.05) is 32.3 Å². The fraction of sp³-hybridized carbons (Fsp3) is 0.526. The highest BCUT2D eigenvalue weighted by Crippen LogP contribution is 2.34. The van der Waals surface area contributed by atoms with Gasteiger partial charge in [-0.05, 0) is 46.0 Å². The third-order valence-electron chi connectivity index (χ3n) is 5.01. The normalized spacial score (nSPS) is 19.1. The maximum absolute atomic E-state index is 12.8. The van der Waals surface area contributed by atoms with Crippen LogP contribution in [0.1, 0.15) is 18.4 Å². The molecule has 1 fully saturated rings. The molecule has 29 heavy (non-hydrogen) atoms. The van der Waals surface area contributed by atoms with Gasteiger partial charge in [0.2, 0.25) is 15.9 Å². The second-order valence-corrected chi connectivity index (χ2v) is 9.55. The standard InChI is InChI=1S/C19H28N4O5S/c1-15-4-6-16(7-5-15)29(25,26)23-11-8-19(9-12-23)14-17(21-28-19)27-18(24)20-10-13-22(2)3/h4-7,14,21H,8-13H2,1-3H3,(H,20,24). The summed E-state index contributed by atoms with van der Waals surface area (Å²) in [4.78, 5) is 19.7. The molecule has 1 saturated heterocycles. The van der Waals surface area contributed by atoms with Crippen molar-refractivity contribution in [3.8, 4) is 0 Å². The lowest BCUT2D eigenvalue weighted by molar-refractivity contribution is -0.0729. The Bertz CT molecular complexity index is 859. The Labute approximate surface area is 171 Å². The van der Waals surface area contributed by atoms with Crippen LogP contribution in [0.15, 0.2) is 41.1 Å². The van der Waals surface area contributed by atoms with Gasteiger partial charge in [0.25, 0.3) is 0 Å². The van der Waals surface area contributed by atoms with Crippen LogP contribution in [-0.2, 0) is 19.6 Å². The first kappa shape index (κ1) is 21.6. The summed E-state index contributed by atoms with van der Waals surface area (Å²) >= 11 is 0. The second-order valence-electron chi connectivity index (χ2n) is 7.61. The molecule has 10 heteroatoms. The number of piperidine rings is 1. The number of nitrogens with zero attached hydrogens (tertiary/aromatic N) is 2. The van der Waals surface area contributed by atoms with Crippen LogP contribution in [0.4, 0.5) is 4.79 Å². The molecule has 0 bridgehead atoms. The number of ether oxygens (including phenoxy) is 1. The molecule has 160 valence electrons. The zero-order valence-corrected chi connectivity index (χ0v) is 17.8. The fourth-order valence-electron chi connectivity index (χ4n) is 3.23. The maximum atomic E-state index is 12.8. The number of aryl methyl sites for hydroxylation is 1. The van der Waals surface area contributed by atoms with E-state index in [0.717, 1.165) is 5.56 Å². The zero-order chi connectivity index (χ0) is 21.1. The minimum Gasteiger partial charge on any atom is -0.392 e. The van der Waals surface area contributed by atoms with E-state index in [2.05, 4.69) is 10.8 Å². The van der Waals surface area contributed by atoms with Gasteiger partial charge in [-0.3, -0.25) is 4.84 Å². The lowest BCUT2D eigenvalue weighted by atomic mass is 9.93. The smallest absolute Gasteiger partial charge is 0.392 e. The molecule has 2 N–H and O–H groups in total. The Morgan fingerprint density at radius 1 is 1.28 bits per heavy atom. The van der Waals surface area contributed by atoms with E-state index in [0.29, 0.717) is 43.9 Å². The number of hydrogen-bond acceptors (Lipinski definition) is 7. The van der Waals surface area contributed by atoms with Crippen molar-refractivity contribution in [2.45, 2.75) is 30.3 Å². The maximum Gasteiger partial charge on any atom is 0.413 e. The van der Waals surface area contributed by atoms with Gasteiger partial charge >= 0.3 is 6.09 Å². The van der Waals surface area contributed by atoms with E-state index >= 15 is 0 Å². The molecule has 3 rings (SSSR count). The molecule has 0 saturated carbocycles. The number of likely N-dealkylation sites (N-methyl/N-ethyl adjacent to an activating group) is 1. The van der Waals surface area contributed by atoms with Crippen molar-refractivity contribution in [2.24, 2.45) is 0 Å². The molecule has 2 heterocycles. The first-order valence-corrected chi connectivity index (χ1v) is 11.0. The van der Waals surface area contributed by atoms with E-state index in [-0.39, 0.29) is 5.88 Å². The van der Waals surface area contributed by atoms with E-state index < -0.39 is 21.7 Å². The number of amides is 1. The number of carbonyl (C=O) groups excluding carboxylic acids is 1. The number of alkyl carbamates (subject to hydrolysis) is 1. The number of carbonyl (C=O) groups is 1. The van der Waals surface area contributed by atoms with Crippen LogP contribution in [0.25, 0.3) is 0 Å². The summed E-state index contributed by atoms with van der Waals surface area (Å²) in [5, 5.41) is 2.65. The molecule has 0 aromatic heterocycles. The SMILES string of the molecule is Cc1ccc(S(=O)(=O)N2CCC3(C=C(OC(=O)NCCN(C)C)NO3)CC2)cc1. The predicted molar refractivity (Wildman–Crippen MR) is 107 cm³/mol. The van der Waals surface area contributed by atoms with Crippen LogP contribution in [0.5, 0.6) is 0 Å². The monoisotopic (exact) mass is 424 g/mol. The summed E-state index contributed by atoms with van der Waals surface area (Å²) in [6, 6.07) is 6.84. The van der Waals surface area contributed by atoms with E-state index in [1.165, 1.54) is 4.31 Å². The van der Waals surface area contributed by atoms with Crippen molar-refractivity contribution in [3.05, 3.63) is 41.8 Å². The molecule has 1 spiro atoms. The number of nitrogens with one attached hydrogen (secondary N) is 2. The van der Waals surface area contributed by atoms with Crippen LogP contribution in [-0.4, -0.2) is 69.6 Å². The Balaban J connectivity index is 1.56. The largest absolute Gasteiger partial charge is 0.413 e. The molecular weight excluding hydrogens is 396 g/mol. The number of hydroxylamine groups is 1. The van der Waals surface area contributed by atoms with Crippen molar-refractivity contribution < 1.29 is 22.8 Å². The van der Waals surface area contributed by atoms with E-state index in [1.807, 2.05) is 25.9 Å². The Kier molecular flexibility index (Phi) is 6.47. The highest BCUT2D eigenvalue weighted by atomic mass is 32.2. The molecule has 9 nitrogen and oxygen atoms in total. The van der Waals surface area contributed by atoms with Crippen molar-refractivity contribution in [2.75, 3.05) is 40.3 Å². The molecular formula is C19H28N4O5S. The lowest BCUT2D eigenvalue weighted by Crippen LogP contribution is -2.46. The number of benzene rings is 1. The summed E-state index contributed by atoms with van der Waals surface area (Å²) in [6.07, 6.45) is 2.07. The van der Waals surface area contributed by atoms with Crippen LogP contribution in [0.3, 0.4) is 0 Å². The third-order valence-corrected chi connectivity index (χ3v) is 6.92. The highest BCUT2D eigenvalue weighted by Gasteiger charge is 2.42. The van der Waals surface area contributed by atoms with Gasteiger partial charge in [-0.15, -0.1) is 0 Å². The van der Waals surface area contributed by atoms with E-state index in [4.69, 9.17) is 9.57 Å². The van der Waals surface area contributed by atoms with Gasteiger partial charge in [0.1, 0.15) is 5.60 Å². The van der Waals surface area contributed by atoms with Crippen LogP contribution in [0, 0.1) is 6.92 Å². The minimum absolute atomic E-state index is 0.224. The molecule has 2 aliphatic heterocycles. The van der Waals surface area contributed by atoms with Crippen molar-refractivity contribution in [1.29, 1.82) is 0 Å². The second kappa shape index (κ2) is 8.70. The molecule has 1 aromatic rings. The Morgan fingerprint density at radius 3 is 2.55 bits per heavy atom. The number of hydrogen-bond donors (Lipinski definition) is 2. The van der Waals surface area contributed by atoms with Crippen LogP contribution < -0.4 is 10.8 Å². The van der Waals surface area contributed by atoms with Crippen molar-refractivity contribution >= 4 is 16.1 Å². The average Bonchev–Trinajstić information content (AvgIpc) is 3.04. The first-order valence-electron chi connectivity index (χ1n) is 9.54. The van der Waals surface area contributed by atoms with Gasteiger partial charge in [-0.1, -0.05) is 17.7 Å². The van der Waals surface area contributed by atoms with Gasteiger partial charge in [-0.25, -0.2) is 18.7 Å². The minimum atomic E-state index is -3.54. The molecule has 0 radical (unpaired) electrons. The molecule has 2 aliphatic rings. The summed E-state index contributed by atoms with van der Waals surface area (Å²) in [7, 11) is 0.290. The Hall–Kier alpha value is -2.14. The van der Waals surface area contributed by atoms with Gasteiger partial charge < -0.3 is 15.0 Å². The third kappa shape index (κ3) is 5.27. The Morgan fingerprint density at radius 2 is 1.93 bits per heavy atom. The first-order chi connectivity index (χ1) is 13.7. The summed E-state index contributed by atoms with van der Waals surface area (Å²) in [5.41, 5.74) is 2.97. The molecule has 1 aromatic carbocycles. The average molecular weight is 425 g/mol. The van der Waals surface area contributed by atoms with E-state index in [9.17, 15) is 13.2 Å². The van der Waals surface area contributed by atoms with Crippen molar-refractivity contribution in [3.63, 3.8) is 0 Å². The topological polar surface area (TPSA) is 100 Å². The fourth-order valence-corrected chi connectivity index (χ4v) is 4.67. The highest BCUT2D eigenvalue weighted by molar-refractivity contribution is 7.89. The van der Waals surface area contributed by atoms with Gasteiger partial charge in [0.05, 0.1) is 4.90 Å². The lowest BCUT2D eigenvalue weighted by Gasteiger charge is -2.35. The van der Waals surface area contributed by atoms with Gasteiger partial charge in [0.15, 0.2) is 0 Å². The van der Waals surface area contributed by atoms with Crippen molar-refractivity contribution in [1.82, 2.24) is 20.0 Å². The summed E-state index contributed by atoms with van der Waals surface area (Å²) in [5.74, 6) is 0.224.